The van der Waals surface area contributed by atoms with Crippen molar-refractivity contribution in [2.45, 2.75) is 47.2 Å². The van der Waals surface area contributed by atoms with Crippen LogP contribution in [0.4, 0.5) is 0 Å². The van der Waals surface area contributed by atoms with Crippen LogP contribution in [-0.2, 0) is 0 Å². The normalized spacial score (nSPS) is 20.1. The van der Waals surface area contributed by atoms with Gasteiger partial charge in [0.05, 0.1) is 5.70 Å². The van der Waals surface area contributed by atoms with Crippen LogP contribution in [0.25, 0.3) is 0 Å². The Kier molecular flexibility index (Phi) is 8.07. The summed E-state index contributed by atoms with van der Waals surface area (Å²) >= 11 is 0. The molecule has 0 radical (unpaired) electrons. The van der Waals surface area contributed by atoms with Crippen LogP contribution in [0.15, 0.2) is 41.6 Å². The van der Waals surface area contributed by atoms with Gasteiger partial charge >= 0.3 is 0 Å². The number of nitrogens with zero attached hydrogens (tertiary/aromatic N) is 2. The lowest BCUT2D eigenvalue weighted by atomic mass is 10.3. The Morgan fingerprint density at radius 3 is 2.65 bits per heavy atom. The standard InChI is InChI=1S/C12H19N3.C2H6/c1-5-8-9-11(6-2)15-12(7-3)13-10(4)14-15;1-2/h5-6,8-10,14H,2,7H2,1,3-4H3;1-2H3/b8-5-,11-9+;. The Balaban J connectivity index is 0.00000121. The van der Waals surface area contributed by atoms with Gasteiger partial charge in [0, 0.05) is 6.42 Å². The van der Waals surface area contributed by atoms with Crippen LogP contribution in [0, 0.1) is 0 Å². The number of nitrogens with one attached hydrogen (secondary N) is 1. The molecule has 0 spiro atoms. The van der Waals surface area contributed by atoms with Crippen molar-refractivity contribution in [2.75, 3.05) is 0 Å². The molecule has 0 aromatic rings. The molecule has 17 heavy (non-hydrogen) atoms. The zero-order chi connectivity index (χ0) is 13.3. The summed E-state index contributed by atoms with van der Waals surface area (Å²) < 4.78 is 0. The van der Waals surface area contributed by atoms with Crippen LogP contribution in [0.3, 0.4) is 0 Å². The number of aliphatic imine (C=N–C) groups is 1. The molecule has 1 N–H and O–H groups in total. The van der Waals surface area contributed by atoms with Crippen LogP contribution in [0.2, 0.25) is 0 Å². The van der Waals surface area contributed by atoms with E-state index in [4.69, 9.17) is 0 Å². The van der Waals surface area contributed by atoms with Crippen LogP contribution < -0.4 is 5.43 Å². The van der Waals surface area contributed by atoms with E-state index in [1.54, 1.807) is 0 Å². The van der Waals surface area contributed by atoms with Crippen molar-refractivity contribution in [1.82, 2.24) is 10.4 Å². The van der Waals surface area contributed by atoms with E-state index in [9.17, 15) is 0 Å². The van der Waals surface area contributed by atoms with Crippen molar-refractivity contribution in [3.8, 4) is 0 Å². The minimum atomic E-state index is 0.147. The Hall–Kier alpha value is -1.35. The van der Waals surface area contributed by atoms with Gasteiger partial charge in [-0.2, -0.15) is 0 Å². The molecule has 0 fully saturated rings. The van der Waals surface area contributed by atoms with E-state index in [1.807, 2.05) is 57.0 Å². The molecule has 1 rings (SSSR count). The van der Waals surface area contributed by atoms with E-state index in [2.05, 4.69) is 23.9 Å². The van der Waals surface area contributed by atoms with Gasteiger partial charge in [0.1, 0.15) is 12.0 Å². The molecule has 1 heterocycles. The minimum absolute atomic E-state index is 0.147. The van der Waals surface area contributed by atoms with Crippen LogP contribution in [0.1, 0.15) is 41.0 Å². The van der Waals surface area contributed by atoms with E-state index < -0.39 is 0 Å². The summed E-state index contributed by atoms with van der Waals surface area (Å²) in [5.41, 5.74) is 4.30. The number of rotatable bonds is 4. The van der Waals surface area contributed by atoms with Gasteiger partial charge in [-0.15, -0.1) is 0 Å². The fourth-order valence-electron chi connectivity index (χ4n) is 1.47. The molecular weight excluding hydrogens is 210 g/mol. The lowest BCUT2D eigenvalue weighted by molar-refractivity contribution is 0.374. The van der Waals surface area contributed by atoms with Crippen molar-refractivity contribution in [2.24, 2.45) is 4.99 Å². The van der Waals surface area contributed by atoms with Crippen molar-refractivity contribution >= 4 is 5.84 Å². The van der Waals surface area contributed by atoms with Gasteiger partial charge in [0.15, 0.2) is 0 Å². The Morgan fingerprint density at radius 1 is 1.53 bits per heavy atom. The number of hydrogen-bond donors (Lipinski definition) is 1. The highest BCUT2D eigenvalue weighted by molar-refractivity contribution is 5.85. The second kappa shape index (κ2) is 8.76. The first-order chi connectivity index (χ1) is 8.22. The molecule has 0 aromatic heterocycles. The molecule has 0 aromatic carbocycles. The Labute approximate surface area is 106 Å². The highest BCUT2D eigenvalue weighted by atomic mass is 15.6. The molecule has 0 aliphatic carbocycles. The first-order valence-corrected chi connectivity index (χ1v) is 6.31. The summed E-state index contributed by atoms with van der Waals surface area (Å²) in [6, 6.07) is 0. The summed E-state index contributed by atoms with van der Waals surface area (Å²) in [6.07, 6.45) is 8.90. The number of allylic oxidation sites excluding steroid dienone is 4. The minimum Gasteiger partial charge on any atom is -0.262 e. The SMILES string of the molecule is C=C/C(=C\C=C/C)N1NC(C)N=C1CC.CC. The van der Waals surface area contributed by atoms with Crippen molar-refractivity contribution in [3.63, 3.8) is 0 Å². The Morgan fingerprint density at radius 2 is 2.18 bits per heavy atom. The zero-order valence-electron chi connectivity index (χ0n) is 11.7. The van der Waals surface area contributed by atoms with Gasteiger partial charge in [-0.3, -0.25) is 10.0 Å². The van der Waals surface area contributed by atoms with Gasteiger partial charge in [0.25, 0.3) is 0 Å². The zero-order valence-corrected chi connectivity index (χ0v) is 11.7. The maximum absolute atomic E-state index is 4.48. The molecule has 0 bridgehead atoms. The fourth-order valence-corrected chi connectivity index (χ4v) is 1.47. The van der Waals surface area contributed by atoms with E-state index in [0.29, 0.717) is 0 Å². The molecule has 3 heteroatoms. The van der Waals surface area contributed by atoms with Crippen molar-refractivity contribution < 1.29 is 0 Å². The lowest BCUT2D eigenvalue weighted by Gasteiger charge is -2.21. The first-order valence-electron chi connectivity index (χ1n) is 6.31. The van der Waals surface area contributed by atoms with Crippen molar-refractivity contribution in [3.05, 3.63) is 36.6 Å². The molecule has 96 valence electrons. The smallest absolute Gasteiger partial charge is 0.120 e. The molecule has 1 atom stereocenters. The van der Waals surface area contributed by atoms with Gasteiger partial charge in [-0.25, -0.2) is 5.43 Å². The highest BCUT2D eigenvalue weighted by Gasteiger charge is 2.21. The third-order valence-electron chi connectivity index (χ3n) is 2.16. The Bertz CT molecular complexity index is 313. The molecule has 1 unspecified atom stereocenters. The average molecular weight is 235 g/mol. The summed E-state index contributed by atoms with van der Waals surface area (Å²) in [6.45, 7) is 13.9. The summed E-state index contributed by atoms with van der Waals surface area (Å²) in [5, 5.41) is 2.00. The third kappa shape index (κ3) is 4.57. The number of hydrazine groups is 1. The van der Waals surface area contributed by atoms with Gasteiger partial charge in [0.2, 0.25) is 0 Å². The fraction of sp³-hybridized carbons (Fsp3) is 0.500. The summed E-state index contributed by atoms with van der Waals surface area (Å²) in [5.74, 6) is 1.05. The molecule has 3 nitrogen and oxygen atoms in total. The quantitative estimate of drug-likeness (QED) is 0.753. The lowest BCUT2D eigenvalue weighted by Crippen LogP contribution is -2.38. The molecule has 1 aliphatic heterocycles. The summed E-state index contributed by atoms with van der Waals surface area (Å²) in [7, 11) is 0. The largest absolute Gasteiger partial charge is 0.262 e. The summed E-state index contributed by atoms with van der Waals surface area (Å²) in [4.78, 5) is 4.48. The van der Waals surface area contributed by atoms with E-state index in [0.717, 1.165) is 18.0 Å². The molecule has 0 saturated heterocycles. The second-order valence-electron chi connectivity index (χ2n) is 3.36. The highest BCUT2D eigenvalue weighted by Crippen LogP contribution is 2.13. The van der Waals surface area contributed by atoms with Gasteiger partial charge < -0.3 is 0 Å². The molecule has 0 saturated carbocycles. The predicted molar refractivity (Wildman–Crippen MR) is 76.6 cm³/mol. The maximum Gasteiger partial charge on any atom is 0.120 e. The molecular formula is C14H25N3. The van der Waals surface area contributed by atoms with Crippen LogP contribution in [-0.4, -0.2) is 17.0 Å². The van der Waals surface area contributed by atoms with Gasteiger partial charge in [-0.05, 0) is 26.0 Å². The second-order valence-corrected chi connectivity index (χ2v) is 3.36. The van der Waals surface area contributed by atoms with Crippen LogP contribution in [0.5, 0.6) is 0 Å². The molecule has 0 amide bonds. The maximum atomic E-state index is 4.48. The average Bonchev–Trinajstić information content (AvgIpc) is 2.74. The monoisotopic (exact) mass is 235 g/mol. The third-order valence-corrected chi connectivity index (χ3v) is 2.16. The van der Waals surface area contributed by atoms with E-state index in [-0.39, 0.29) is 6.17 Å². The number of amidine groups is 1. The molecule has 1 aliphatic rings. The number of hydrogen-bond acceptors (Lipinski definition) is 3. The first kappa shape index (κ1) is 15.7. The van der Waals surface area contributed by atoms with Gasteiger partial charge in [-0.1, -0.05) is 39.5 Å². The van der Waals surface area contributed by atoms with Crippen molar-refractivity contribution in [1.29, 1.82) is 0 Å². The topological polar surface area (TPSA) is 27.6 Å². The predicted octanol–water partition coefficient (Wildman–Crippen LogP) is 3.63. The van der Waals surface area contributed by atoms with E-state index in [1.165, 1.54) is 0 Å². The van der Waals surface area contributed by atoms with Crippen LogP contribution >= 0.6 is 0 Å². The van der Waals surface area contributed by atoms with E-state index >= 15 is 0 Å².